The molecule has 1 atom stereocenters. The minimum absolute atomic E-state index is 0.164. The Morgan fingerprint density at radius 2 is 1.81 bits per heavy atom. The van der Waals surface area contributed by atoms with Crippen molar-refractivity contribution in [2.75, 3.05) is 24.3 Å². The predicted octanol–water partition coefficient (Wildman–Crippen LogP) is 3.06. The summed E-state index contributed by atoms with van der Waals surface area (Å²) in [4.78, 5) is 14.2. The van der Waals surface area contributed by atoms with Crippen LogP contribution in [0.3, 0.4) is 0 Å². The van der Waals surface area contributed by atoms with Crippen LogP contribution >= 0.6 is 0 Å². The summed E-state index contributed by atoms with van der Waals surface area (Å²) in [5.41, 5.74) is 3.09. The van der Waals surface area contributed by atoms with Crippen molar-refractivity contribution >= 4 is 17.3 Å². The van der Waals surface area contributed by atoms with Gasteiger partial charge in [0.1, 0.15) is 0 Å². The Bertz CT molecular complexity index is 619. The quantitative estimate of drug-likeness (QED) is 0.907. The van der Waals surface area contributed by atoms with Gasteiger partial charge in [-0.1, -0.05) is 12.1 Å². The maximum absolute atomic E-state index is 12.2. The molecule has 0 heterocycles. The average Bonchev–Trinajstić information content (AvgIpc) is 2.47. The highest BCUT2D eigenvalue weighted by Gasteiger charge is 2.08. The zero-order chi connectivity index (χ0) is 15.4. The first-order valence-electron chi connectivity index (χ1n) is 6.84. The Labute approximate surface area is 125 Å². The van der Waals surface area contributed by atoms with Gasteiger partial charge in [0.05, 0.1) is 6.10 Å². The number of hydrogen-bond acceptors (Lipinski definition) is 3. The fraction of sp³-hybridized carbons (Fsp3) is 0.235. The standard InChI is InChI=1S/C17H20N2O2/c1-12(20)14-5-4-6-15(11-14)18-17(21)13-7-9-16(10-8-13)19(2)3/h4-12,20H,1-3H3,(H,18,21). The largest absolute Gasteiger partial charge is 0.389 e. The third kappa shape index (κ3) is 3.83. The Morgan fingerprint density at radius 3 is 2.38 bits per heavy atom. The van der Waals surface area contributed by atoms with E-state index in [-0.39, 0.29) is 5.91 Å². The van der Waals surface area contributed by atoms with Gasteiger partial charge in [0.2, 0.25) is 0 Å². The van der Waals surface area contributed by atoms with Gasteiger partial charge in [-0.15, -0.1) is 0 Å². The van der Waals surface area contributed by atoms with Gasteiger partial charge in [-0.2, -0.15) is 0 Å². The van der Waals surface area contributed by atoms with Crippen LogP contribution in [0.2, 0.25) is 0 Å². The molecule has 0 aliphatic heterocycles. The normalized spacial score (nSPS) is 11.8. The first kappa shape index (κ1) is 15.1. The molecule has 110 valence electrons. The van der Waals surface area contributed by atoms with Crippen molar-refractivity contribution < 1.29 is 9.90 Å². The highest BCUT2D eigenvalue weighted by molar-refractivity contribution is 6.04. The van der Waals surface area contributed by atoms with E-state index >= 15 is 0 Å². The van der Waals surface area contributed by atoms with E-state index in [9.17, 15) is 9.90 Å². The molecule has 1 amide bonds. The Morgan fingerprint density at radius 1 is 1.14 bits per heavy atom. The molecule has 2 aromatic carbocycles. The van der Waals surface area contributed by atoms with Crippen molar-refractivity contribution in [3.05, 3.63) is 59.7 Å². The molecule has 4 nitrogen and oxygen atoms in total. The lowest BCUT2D eigenvalue weighted by Crippen LogP contribution is -2.13. The number of aliphatic hydroxyl groups excluding tert-OH is 1. The molecule has 0 bridgehead atoms. The number of nitrogens with one attached hydrogen (secondary N) is 1. The third-order valence-electron chi connectivity index (χ3n) is 3.27. The van der Waals surface area contributed by atoms with Crippen LogP contribution in [0.25, 0.3) is 0 Å². The van der Waals surface area contributed by atoms with Crippen molar-refractivity contribution in [3.63, 3.8) is 0 Å². The van der Waals surface area contributed by atoms with Gasteiger partial charge in [0.25, 0.3) is 5.91 Å². The van der Waals surface area contributed by atoms with Crippen molar-refractivity contribution in [2.45, 2.75) is 13.0 Å². The van der Waals surface area contributed by atoms with E-state index in [1.54, 1.807) is 31.2 Å². The SMILES string of the molecule is CC(O)c1cccc(NC(=O)c2ccc(N(C)C)cc2)c1. The zero-order valence-electron chi connectivity index (χ0n) is 12.5. The van der Waals surface area contributed by atoms with Gasteiger partial charge in [-0.3, -0.25) is 4.79 Å². The Hall–Kier alpha value is -2.33. The molecule has 0 saturated carbocycles. The molecular formula is C17H20N2O2. The molecule has 2 aromatic rings. The maximum Gasteiger partial charge on any atom is 0.255 e. The number of anilines is 2. The van der Waals surface area contributed by atoms with Crippen molar-refractivity contribution in [3.8, 4) is 0 Å². The smallest absolute Gasteiger partial charge is 0.255 e. The van der Waals surface area contributed by atoms with E-state index in [1.807, 2.05) is 43.3 Å². The predicted molar refractivity (Wildman–Crippen MR) is 85.8 cm³/mol. The Balaban J connectivity index is 2.12. The molecule has 21 heavy (non-hydrogen) atoms. The lowest BCUT2D eigenvalue weighted by atomic mass is 10.1. The molecular weight excluding hydrogens is 264 g/mol. The summed E-state index contributed by atoms with van der Waals surface area (Å²) in [5, 5.41) is 12.4. The van der Waals surface area contributed by atoms with Gasteiger partial charge < -0.3 is 15.3 Å². The van der Waals surface area contributed by atoms with Crippen LogP contribution in [-0.4, -0.2) is 25.1 Å². The molecule has 0 aromatic heterocycles. The number of rotatable bonds is 4. The van der Waals surface area contributed by atoms with Crippen LogP contribution in [0.5, 0.6) is 0 Å². The number of carbonyl (C=O) groups excluding carboxylic acids is 1. The summed E-state index contributed by atoms with van der Waals surface area (Å²) in [5.74, 6) is -0.164. The molecule has 0 radical (unpaired) electrons. The molecule has 2 N–H and O–H groups in total. The van der Waals surface area contributed by atoms with Crippen LogP contribution in [0.1, 0.15) is 28.9 Å². The van der Waals surface area contributed by atoms with E-state index in [2.05, 4.69) is 5.32 Å². The first-order valence-corrected chi connectivity index (χ1v) is 6.84. The number of nitrogens with zero attached hydrogens (tertiary/aromatic N) is 1. The minimum atomic E-state index is -0.554. The number of aliphatic hydroxyl groups is 1. The average molecular weight is 284 g/mol. The summed E-state index contributed by atoms with van der Waals surface area (Å²) in [6.45, 7) is 1.70. The second kappa shape index (κ2) is 6.41. The van der Waals surface area contributed by atoms with Gasteiger partial charge in [0.15, 0.2) is 0 Å². The third-order valence-corrected chi connectivity index (χ3v) is 3.27. The molecule has 0 fully saturated rings. The first-order chi connectivity index (χ1) is 9.97. The molecule has 0 saturated heterocycles. The van der Waals surface area contributed by atoms with Gasteiger partial charge in [0, 0.05) is 31.0 Å². The fourth-order valence-corrected chi connectivity index (χ4v) is 1.99. The lowest BCUT2D eigenvalue weighted by molar-refractivity contribution is 0.102. The summed E-state index contributed by atoms with van der Waals surface area (Å²) in [6, 6.07) is 14.6. The summed E-state index contributed by atoms with van der Waals surface area (Å²) in [6.07, 6.45) is -0.554. The number of benzene rings is 2. The highest BCUT2D eigenvalue weighted by Crippen LogP contribution is 2.18. The molecule has 4 heteroatoms. The second-order valence-corrected chi connectivity index (χ2v) is 5.20. The molecule has 0 aliphatic carbocycles. The summed E-state index contributed by atoms with van der Waals surface area (Å²) in [7, 11) is 3.91. The van der Waals surface area contributed by atoms with Crippen molar-refractivity contribution in [1.29, 1.82) is 0 Å². The number of hydrogen-bond donors (Lipinski definition) is 2. The van der Waals surface area contributed by atoms with Gasteiger partial charge in [-0.05, 0) is 48.9 Å². The zero-order valence-corrected chi connectivity index (χ0v) is 12.5. The fourth-order valence-electron chi connectivity index (χ4n) is 1.99. The van der Waals surface area contributed by atoms with E-state index in [1.165, 1.54) is 0 Å². The Kier molecular flexibility index (Phi) is 4.60. The molecule has 2 rings (SSSR count). The van der Waals surface area contributed by atoms with E-state index in [4.69, 9.17) is 0 Å². The van der Waals surface area contributed by atoms with Crippen LogP contribution < -0.4 is 10.2 Å². The molecule has 0 spiro atoms. The monoisotopic (exact) mass is 284 g/mol. The van der Waals surface area contributed by atoms with Crippen molar-refractivity contribution in [1.82, 2.24) is 0 Å². The topological polar surface area (TPSA) is 52.6 Å². The summed E-state index contributed by atoms with van der Waals surface area (Å²) >= 11 is 0. The highest BCUT2D eigenvalue weighted by atomic mass is 16.3. The van der Waals surface area contributed by atoms with Crippen LogP contribution in [0.15, 0.2) is 48.5 Å². The van der Waals surface area contributed by atoms with Crippen LogP contribution in [0, 0.1) is 0 Å². The van der Waals surface area contributed by atoms with Gasteiger partial charge >= 0.3 is 0 Å². The van der Waals surface area contributed by atoms with E-state index in [0.29, 0.717) is 11.3 Å². The summed E-state index contributed by atoms with van der Waals surface area (Å²) < 4.78 is 0. The van der Waals surface area contributed by atoms with Crippen LogP contribution in [0.4, 0.5) is 11.4 Å². The number of amides is 1. The lowest BCUT2D eigenvalue weighted by Gasteiger charge is -2.13. The van der Waals surface area contributed by atoms with Crippen LogP contribution in [-0.2, 0) is 0 Å². The maximum atomic E-state index is 12.2. The number of carbonyl (C=O) groups is 1. The van der Waals surface area contributed by atoms with E-state index in [0.717, 1.165) is 11.3 Å². The minimum Gasteiger partial charge on any atom is -0.389 e. The second-order valence-electron chi connectivity index (χ2n) is 5.20. The van der Waals surface area contributed by atoms with Gasteiger partial charge in [-0.25, -0.2) is 0 Å². The molecule has 1 unspecified atom stereocenters. The van der Waals surface area contributed by atoms with E-state index < -0.39 is 6.10 Å². The molecule has 0 aliphatic rings. The van der Waals surface area contributed by atoms with Crippen molar-refractivity contribution in [2.24, 2.45) is 0 Å².